The molecule has 1 heterocycles. The van der Waals surface area contributed by atoms with Crippen molar-refractivity contribution in [3.05, 3.63) is 29.3 Å². The van der Waals surface area contributed by atoms with Crippen LogP contribution in [0.2, 0.25) is 0 Å². The SMILES string of the molecule is Cc1cccc(C=NN=C2NC(=O)CS2)c1O. The predicted octanol–water partition coefficient (Wildman–Crippen LogP) is 1.25. The number of carbonyl (C=O) groups excluding carboxylic acids is 1. The van der Waals surface area contributed by atoms with Gasteiger partial charge in [-0.1, -0.05) is 23.9 Å². The average Bonchev–Trinajstić information content (AvgIpc) is 2.70. The maximum atomic E-state index is 10.9. The molecular formula is C11H11N3O2S. The topological polar surface area (TPSA) is 74.0 Å². The van der Waals surface area contributed by atoms with Gasteiger partial charge in [0, 0.05) is 5.56 Å². The van der Waals surface area contributed by atoms with Crippen LogP contribution in [0.1, 0.15) is 11.1 Å². The summed E-state index contributed by atoms with van der Waals surface area (Å²) in [5.41, 5.74) is 1.38. The molecule has 0 unspecified atom stereocenters. The lowest BCUT2D eigenvalue weighted by atomic mass is 10.1. The number of nitrogens with zero attached hydrogens (tertiary/aromatic N) is 2. The lowest BCUT2D eigenvalue weighted by molar-refractivity contribution is -0.116. The van der Waals surface area contributed by atoms with Gasteiger partial charge in [-0.15, -0.1) is 5.10 Å². The van der Waals surface area contributed by atoms with Crippen molar-refractivity contribution in [1.82, 2.24) is 5.32 Å². The van der Waals surface area contributed by atoms with Crippen LogP contribution in [0.4, 0.5) is 0 Å². The Labute approximate surface area is 103 Å². The van der Waals surface area contributed by atoms with Crippen LogP contribution in [0.5, 0.6) is 5.75 Å². The second kappa shape index (κ2) is 5.01. The fourth-order valence-corrected chi connectivity index (χ4v) is 1.94. The van der Waals surface area contributed by atoms with Gasteiger partial charge in [0.25, 0.3) is 0 Å². The Morgan fingerprint density at radius 3 is 3.06 bits per heavy atom. The van der Waals surface area contributed by atoms with E-state index in [2.05, 4.69) is 15.5 Å². The third-order valence-electron chi connectivity index (χ3n) is 2.20. The molecule has 5 nitrogen and oxygen atoms in total. The Kier molecular flexibility index (Phi) is 3.43. The second-order valence-electron chi connectivity index (χ2n) is 3.50. The van der Waals surface area contributed by atoms with Crippen molar-refractivity contribution < 1.29 is 9.90 Å². The van der Waals surface area contributed by atoms with Crippen molar-refractivity contribution in [1.29, 1.82) is 0 Å². The summed E-state index contributed by atoms with van der Waals surface area (Å²) in [4.78, 5) is 10.9. The van der Waals surface area contributed by atoms with Crippen molar-refractivity contribution in [2.24, 2.45) is 10.2 Å². The van der Waals surface area contributed by atoms with Crippen molar-refractivity contribution in [2.45, 2.75) is 6.92 Å². The Morgan fingerprint density at radius 1 is 1.53 bits per heavy atom. The van der Waals surface area contributed by atoms with Crippen molar-refractivity contribution in [3.8, 4) is 5.75 Å². The van der Waals surface area contributed by atoms with Crippen LogP contribution in [0.15, 0.2) is 28.4 Å². The maximum absolute atomic E-state index is 10.9. The molecule has 0 radical (unpaired) electrons. The van der Waals surface area contributed by atoms with E-state index in [0.29, 0.717) is 16.5 Å². The van der Waals surface area contributed by atoms with Crippen LogP contribution in [0.25, 0.3) is 0 Å². The van der Waals surface area contributed by atoms with E-state index in [1.54, 1.807) is 6.07 Å². The van der Waals surface area contributed by atoms with Crippen LogP contribution >= 0.6 is 11.8 Å². The van der Waals surface area contributed by atoms with Gasteiger partial charge < -0.3 is 10.4 Å². The first kappa shape index (κ1) is 11.7. The summed E-state index contributed by atoms with van der Waals surface area (Å²) in [5, 5.41) is 20.4. The Balaban J connectivity index is 2.11. The number of hydrogen-bond acceptors (Lipinski definition) is 5. The molecule has 0 aromatic heterocycles. The van der Waals surface area contributed by atoms with E-state index in [-0.39, 0.29) is 11.7 Å². The summed E-state index contributed by atoms with van der Waals surface area (Å²) in [7, 11) is 0. The van der Waals surface area contributed by atoms with Crippen molar-refractivity contribution in [3.63, 3.8) is 0 Å². The molecule has 1 fully saturated rings. The first-order valence-electron chi connectivity index (χ1n) is 4.99. The molecule has 1 saturated heterocycles. The highest BCUT2D eigenvalue weighted by atomic mass is 32.2. The predicted molar refractivity (Wildman–Crippen MR) is 68.5 cm³/mol. The zero-order valence-corrected chi connectivity index (χ0v) is 9.99. The quantitative estimate of drug-likeness (QED) is 0.612. The van der Waals surface area contributed by atoms with E-state index in [0.717, 1.165) is 5.56 Å². The molecule has 6 heteroatoms. The third-order valence-corrected chi connectivity index (χ3v) is 3.06. The van der Waals surface area contributed by atoms with E-state index < -0.39 is 0 Å². The molecule has 88 valence electrons. The number of benzene rings is 1. The molecule has 17 heavy (non-hydrogen) atoms. The summed E-state index contributed by atoms with van der Waals surface area (Å²) >= 11 is 1.31. The van der Waals surface area contributed by atoms with Gasteiger partial charge in [0.15, 0.2) is 5.17 Å². The normalized spacial score (nSPS) is 17.9. The standard InChI is InChI=1S/C11H11N3O2S/c1-7-3-2-4-8(10(7)16)5-12-14-11-13-9(15)6-17-11/h2-5,16H,6H2,1H3,(H,13,14,15). The molecular weight excluding hydrogens is 238 g/mol. The molecule has 1 amide bonds. The summed E-state index contributed by atoms with van der Waals surface area (Å²) in [6.45, 7) is 1.81. The second-order valence-corrected chi connectivity index (χ2v) is 4.46. The Morgan fingerprint density at radius 2 is 2.35 bits per heavy atom. The van der Waals surface area contributed by atoms with Gasteiger partial charge in [-0.25, -0.2) is 0 Å². The van der Waals surface area contributed by atoms with Gasteiger partial charge in [0.1, 0.15) is 5.75 Å². The summed E-state index contributed by atoms with van der Waals surface area (Å²) in [5.74, 6) is 0.506. The molecule has 0 spiro atoms. The van der Waals surface area contributed by atoms with Crippen LogP contribution in [-0.4, -0.2) is 28.1 Å². The Bertz CT molecular complexity index is 511. The molecule has 2 N–H and O–H groups in total. The number of aryl methyl sites for hydroxylation is 1. The van der Waals surface area contributed by atoms with Gasteiger partial charge in [-0.2, -0.15) is 5.10 Å². The molecule has 0 saturated carbocycles. The van der Waals surface area contributed by atoms with E-state index in [1.165, 1.54) is 18.0 Å². The number of rotatable bonds is 2. The van der Waals surface area contributed by atoms with Gasteiger partial charge in [0.2, 0.25) is 5.91 Å². The van der Waals surface area contributed by atoms with Gasteiger partial charge in [0.05, 0.1) is 12.0 Å². The zero-order valence-electron chi connectivity index (χ0n) is 9.17. The van der Waals surface area contributed by atoms with E-state index in [1.807, 2.05) is 19.1 Å². The first-order chi connectivity index (χ1) is 8.16. The average molecular weight is 249 g/mol. The van der Waals surface area contributed by atoms with Crippen LogP contribution < -0.4 is 5.32 Å². The van der Waals surface area contributed by atoms with Crippen molar-refractivity contribution in [2.75, 3.05) is 5.75 Å². The largest absolute Gasteiger partial charge is 0.507 e. The number of hydrogen-bond donors (Lipinski definition) is 2. The van der Waals surface area contributed by atoms with Crippen LogP contribution in [0.3, 0.4) is 0 Å². The van der Waals surface area contributed by atoms with Gasteiger partial charge in [-0.3, -0.25) is 4.79 Å². The number of amidine groups is 1. The lowest BCUT2D eigenvalue weighted by Crippen LogP contribution is -2.19. The highest BCUT2D eigenvalue weighted by molar-refractivity contribution is 8.15. The minimum Gasteiger partial charge on any atom is -0.507 e. The molecule has 0 atom stereocenters. The summed E-state index contributed by atoms with van der Waals surface area (Å²) < 4.78 is 0. The molecule has 0 bridgehead atoms. The van der Waals surface area contributed by atoms with Crippen LogP contribution in [0, 0.1) is 6.92 Å². The zero-order chi connectivity index (χ0) is 12.3. The number of phenols is 1. The lowest BCUT2D eigenvalue weighted by Gasteiger charge is -2.00. The summed E-state index contributed by atoms with van der Waals surface area (Å²) in [6.07, 6.45) is 1.46. The summed E-state index contributed by atoms with van der Waals surface area (Å²) in [6, 6.07) is 5.38. The number of amides is 1. The smallest absolute Gasteiger partial charge is 0.236 e. The number of carbonyl (C=O) groups is 1. The monoisotopic (exact) mass is 249 g/mol. The first-order valence-corrected chi connectivity index (χ1v) is 5.97. The van der Waals surface area contributed by atoms with Gasteiger partial charge >= 0.3 is 0 Å². The van der Waals surface area contributed by atoms with Crippen molar-refractivity contribution >= 4 is 29.1 Å². The highest BCUT2D eigenvalue weighted by Gasteiger charge is 2.15. The molecule has 1 aliphatic heterocycles. The number of phenolic OH excluding ortho intramolecular Hbond substituents is 1. The molecule has 1 aromatic carbocycles. The maximum Gasteiger partial charge on any atom is 0.236 e. The van der Waals surface area contributed by atoms with Gasteiger partial charge in [-0.05, 0) is 18.6 Å². The molecule has 1 aromatic rings. The number of nitrogens with one attached hydrogen (secondary N) is 1. The van der Waals surface area contributed by atoms with E-state index in [4.69, 9.17) is 0 Å². The fraction of sp³-hybridized carbons (Fsp3) is 0.182. The Hall–Kier alpha value is -1.82. The fourth-order valence-electron chi connectivity index (χ4n) is 1.31. The molecule has 0 aliphatic carbocycles. The van der Waals surface area contributed by atoms with E-state index in [9.17, 15) is 9.90 Å². The van der Waals surface area contributed by atoms with E-state index >= 15 is 0 Å². The minimum atomic E-state index is -0.0673. The molecule has 2 rings (SSSR count). The minimum absolute atomic E-state index is 0.0673. The highest BCUT2D eigenvalue weighted by Crippen LogP contribution is 2.19. The number of thioether (sulfide) groups is 1. The van der Waals surface area contributed by atoms with Crippen LogP contribution in [-0.2, 0) is 4.79 Å². The number of para-hydroxylation sites is 1. The molecule has 1 aliphatic rings. The number of aromatic hydroxyl groups is 1. The third kappa shape index (κ3) is 2.85.